The number of hydrogen-bond acceptors (Lipinski definition) is 4. The second kappa shape index (κ2) is 4.85. The molecule has 0 radical (unpaired) electrons. The molecule has 6 heteroatoms. The Morgan fingerprint density at radius 3 is 3.11 bits per heavy atom. The monoisotopic (exact) mass is 310 g/mol. The van der Waals surface area contributed by atoms with Gasteiger partial charge in [-0.15, -0.1) is 0 Å². The third-order valence-corrected chi connectivity index (χ3v) is 3.82. The molecule has 96 valence electrons. The van der Waals surface area contributed by atoms with Crippen LogP contribution in [0, 0.1) is 6.92 Å². The van der Waals surface area contributed by atoms with Gasteiger partial charge in [0.25, 0.3) is 0 Å². The molecule has 2 aromatic rings. The average Bonchev–Trinajstić information content (AvgIpc) is 3.03. The molecule has 3 heterocycles. The van der Waals surface area contributed by atoms with Crippen molar-refractivity contribution in [3.05, 3.63) is 34.7 Å². The molecule has 1 fully saturated rings. The highest BCUT2D eigenvalue weighted by Gasteiger charge is 2.25. The zero-order valence-corrected chi connectivity index (χ0v) is 11.8. The number of rotatable bonds is 3. The van der Waals surface area contributed by atoms with Crippen LogP contribution in [0.5, 0.6) is 0 Å². The lowest BCUT2D eigenvalue weighted by atomic mass is 10.3. The molecule has 5 nitrogen and oxygen atoms in total. The Kier molecular flexibility index (Phi) is 3.22. The van der Waals surface area contributed by atoms with Crippen LogP contribution < -0.4 is 0 Å². The van der Waals surface area contributed by atoms with Gasteiger partial charge in [0, 0.05) is 25.8 Å². The first kappa shape index (κ1) is 11.9. The maximum absolute atomic E-state index is 5.23. The molecule has 2 aromatic heterocycles. The summed E-state index contributed by atoms with van der Waals surface area (Å²) in [6, 6.07) is 0.462. The van der Waals surface area contributed by atoms with Gasteiger partial charge in [-0.3, -0.25) is 9.58 Å². The molecule has 3 rings (SSSR count). The van der Waals surface area contributed by atoms with E-state index in [1.807, 2.05) is 24.0 Å². The quantitative estimate of drug-likeness (QED) is 0.873. The van der Waals surface area contributed by atoms with Gasteiger partial charge in [-0.25, -0.2) is 4.98 Å². The van der Waals surface area contributed by atoms with Crippen LogP contribution in [0.4, 0.5) is 0 Å². The zero-order chi connectivity index (χ0) is 12.5. The number of nitrogens with zero attached hydrogens (tertiary/aromatic N) is 4. The van der Waals surface area contributed by atoms with Crippen LogP contribution in [0.3, 0.4) is 0 Å². The third kappa shape index (κ3) is 2.35. The van der Waals surface area contributed by atoms with Crippen molar-refractivity contribution in [2.45, 2.75) is 25.9 Å². The summed E-state index contributed by atoms with van der Waals surface area (Å²) >= 11 is 3.43. The van der Waals surface area contributed by atoms with Gasteiger partial charge >= 0.3 is 0 Å². The van der Waals surface area contributed by atoms with Crippen LogP contribution in [0.1, 0.15) is 23.9 Å². The Bertz CT molecular complexity index is 536. The maximum atomic E-state index is 5.23. The molecule has 1 saturated heterocycles. The van der Waals surface area contributed by atoms with Gasteiger partial charge in [0.1, 0.15) is 5.76 Å². The van der Waals surface area contributed by atoms with E-state index in [1.165, 1.54) is 6.39 Å². The molecule has 0 saturated carbocycles. The van der Waals surface area contributed by atoms with Gasteiger partial charge in [0.2, 0.25) is 0 Å². The van der Waals surface area contributed by atoms with E-state index in [4.69, 9.17) is 4.42 Å². The van der Waals surface area contributed by atoms with E-state index in [0.29, 0.717) is 6.04 Å². The Labute approximate surface area is 114 Å². The topological polar surface area (TPSA) is 47.1 Å². The normalized spacial score (nSPS) is 20.7. The molecular weight excluding hydrogens is 296 g/mol. The lowest BCUT2D eigenvalue weighted by Crippen LogP contribution is -2.21. The highest BCUT2D eigenvalue weighted by molar-refractivity contribution is 9.10. The molecule has 0 spiro atoms. The first-order valence-electron chi connectivity index (χ1n) is 6.03. The first-order chi connectivity index (χ1) is 8.72. The smallest absolute Gasteiger partial charge is 0.181 e. The van der Waals surface area contributed by atoms with E-state index in [1.54, 1.807) is 0 Å². The fourth-order valence-electron chi connectivity index (χ4n) is 2.38. The number of hydrogen-bond donors (Lipinski definition) is 0. The van der Waals surface area contributed by atoms with Crippen molar-refractivity contribution in [1.82, 2.24) is 19.7 Å². The summed E-state index contributed by atoms with van der Waals surface area (Å²) in [5, 5.41) is 4.36. The molecule has 0 aromatic carbocycles. The second-order valence-electron chi connectivity index (χ2n) is 4.67. The number of oxazole rings is 1. The van der Waals surface area contributed by atoms with Gasteiger partial charge in [-0.1, -0.05) is 0 Å². The molecule has 0 amide bonds. The Morgan fingerprint density at radius 2 is 2.44 bits per heavy atom. The van der Waals surface area contributed by atoms with Gasteiger partial charge < -0.3 is 4.42 Å². The summed E-state index contributed by atoms with van der Waals surface area (Å²) in [6.45, 7) is 4.91. The lowest BCUT2D eigenvalue weighted by Gasteiger charge is -2.14. The SMILES string of the molecule is Cc1ocnc1CN1CCC(n2cc(Br)cn2)C1. The Morgan fingerprint density at radius 1 is 1.56 bits per heavy atom. The summed E-state index contributed by atoms with van der Waals surface area (Å²) in [6.07, 6.45) is 6.52. The molecule has 1 atom stereocenters. The Balaban J connectivity index is 1.63. The molecular formula is C12H15BrN4O. The van der Waals surface area contributed by atoms with Gasteiger partial charge in [0.15, 0.2) is 6.39 Å². The first-order valence-corrected chi connectivity index (χ1v) is 6.82. The fraction of sp³-hybridized carbons (Fsp3) is 0.500. The van der Waals surface area contributed by atoms with E-state index in [9.17, 15) is 0 Å². The van der Waals surface area contributed by atoms with E-state index >= 15 is 0 Å². The predicted molar refractivity (Wildman–Crippen MR) is 70.1 cm³/mol. The van der Waals surface area contributed by atoms with Crippen LogP contribution in [0.25, 0.3) is 0 Å². The minimum Gasteiger partial charge on any atom is -0.448 e. The number of aromatic nitrogens is 3. The van der Waals surface area contributed by atoms with E-state index in [2.05, 4.69) is 30.9 Å². The van der Waals surface area contributed by atoms with Gasteiger partial charge in [-0.05, 0) is 29.3 Å². The minimum absolute atomic E-state index is 0.462. The molecule has 18 heavy (non-hydrogen) atoms. The summed E-state index contributed by atoms with van der Waals surface area (Å²) in [4.78, 5) is 6.64. The van der Waals surface area contributed by atoms with E-state index in [0.717, 1.165) is 42.0 Å². The zero-order valence-electron chi connectivity index (χ0n) is 10.2. The van der Waals surface area contributed by atoms with Crippen LogP contribution in [-0.4, -0.2) is 32.8 Å². The lowest BCUT2D eigenvalue weighted by molar-refractivity contribution is 0.306. The van der Waals surface area contributed by atoms with E-state index in [-0.39, 0.29) is 0 Å². The number of halogens is 1. The van der Waals surface area contributed by atoms with Crippen molar-refractivity contribution in [2.24, 2.45) is 0 Å². The Hall–Kier alpha value is -1.14. The van der Waals surface area contributed by atoms with Crippen molar-refractivity contribution >= 4 is 15.9 Å². The summed E-state index contributed by atoms with van der Waals surface area (Å²) < 4.78 is 8.30. The van der Waals surface area contributed by atoms with Gasteiger partial charge in [-0.2, -0.15) is 5.10 Å². The van der Waals surface area contributed by atoms with Crippen molar-refractivity contribution in [3.63, 3.8) is 0 Å². The van der Waals surface area contributed by atoms with Crippen LogP contribution in [0.15, 0.2) is 27.7 Å². The van der Waals surface area contributed by atoms with Crippen molar-refractivity contribution in [3.8, 4) is 0 Å². The number of likely N-dealkylation sites (tertiary alicyclic amines) is 1. The largest absolute Gasteiger partial charge is 0.448 e. The molecule has 0 bridgehead atoms. The molecule has 0 N–H and O–H groups in total. The third-order valence-electron chi connectivity index (χ3n) is 3.41. The summed E-state index contributed by atoms with van der Waals surface area (Å²) in [7, 11) is 0. The molecule has 1 aliphatic rings. The standard InChI is InChI=1S/C12H15BrN4O/c1-9-12(14-8-18-9)7-16-3-2-11(6-16)17-5-10(13)4-15-17/h4-5,8,11H,2-3,6-7H2,1H3. The highest BCUT2D eigenvalue weighted by Crippen LogP contribution is 2.24. The molecule has 0 aliphatic carbocycles. The minimum atomic E-state index is 0.462. The highest BCUT2D eigenvalue weighted by atomic mass is 79.9. The van der Waals surface area contributed by atoms with E-state index < -0.39 is 0 Å². The van der Waals surface area contributed by atoms with Crippen LogP contribution in [0.2, 0.25) is 0 Å². The molecule has 1 unspecified atom stereocenters. The fourth-order valence-corrected chi connectivity index (χ4v) is 2.68. The van der Waals surface area contributed by atoms with Crippen molar-refractivity contribution in [2.75, 3.05) is 13.1 Å². The number of aryl methyl sites for hydroxylation is 1. The maximum Gasteiger partial charge on any atom is 0.181 e. The molecule has 1 aliphatic heterocycles. The summed E-state index contributed by atoms with van der Waals surface area (Å²) in [5.74, 6) is 0.917. The second-order valence-corrected chi connectivity index (χ2v) is 5.59. The van der Waals surface area contributed by atoms with Crippen LogP contribution in [-0.2, 0) is 6.54 Å². The van der Waals surface area contributed by atoms with Crippen LogP contribution >= 0.6 is 15.9 Å². The summed E-state index contributed by atoms with van der Waals surface area (Å²) in [5.41, 5.74) is 1.04. The average molecular weight is 311 g/mol. The predicted octanol–water partition coefficient (Wildman–Crippen LogP) is 2.39. The van der Waals surface area contributed by atoms with Crippen molar-refractivity contribution < 1.29 is 4.42 Å². The van der Waals surface area contributed by atoms with Gasteiger partial charge in [0.05, 0.1) is 22.4 Å². The van der Waals surface area contributed by atoms with Crippen molar-refractivity contribution in [1.29, 1.82) is 0 Å².